The molecule has 20 heavy (non-hydrogen) atoms. The highest BCUT2D eigenvalue weighted by molar-refractivity contribution is 5.92. The van der Waals surface area contributed by atoms with Gasteiger partial charge in [0.2, 0.25) is 6.79 Å². The molecule has 102 valence electrons. The molecule has 0 saturated heterocycles. The van der Waals surface area contributed by atoms with E-state index in [1.807, 2.05) is 6.07 Å². The highest BCUT2D eigenvalue weighted by Crippen LogP contribution is 2.38. The molecule has 0 saturated carbocycles. The number of hydrogen-bond donors (Lipinski definition) is 1. The highest BCUT2D eigenvalue weighted by atomic mass is 16.7. The standard InChI is InChI=1S/C14H11NO5/c16-14(17)10-4-12-13(20-8-19-12)5-11(10)18-7-9-2-1-3-15-6-9/h1-6H,7-8H2,(H,16,17). The van der Waals surface area contributed by atoms with Crippen LogP contribution in [0.3, 0.4) is 0 Å². The van der Waals surface area contributed by atoms with E-state index >= 15 is 0 Å². The summed E-state index contributed by atoms with van der Waals surface area (Å²) in [4.78, 5) is 15.2. The molecule has 1 aliphatic heterocycles. The first-order valence-corrected chi connectivity index (χ1v) is 5.92. The van der Waals surface area contributed by atoms with E-state index in [0.717, 1.165) is 5.56 Å². The van der Waals surface area contributed by atoms with Crippen molar-refractivity contribution in [2.45, 2.75) is 6.61 Å². The second-order valence-electron chi connectivity index (χ2n) is 4.16. The summed E-state index contributed by atoms with van der Waals surface area (Å²) in [6, 6.07) is 6.57. The van der Waals surface area contributed by atoms with Crippen molar-refractivity contribution in [3.63, 3.8) is 0 Å². The van der Waals surface area contributed by atoms with E-state index in [1.54, 1.807) is 18.5 Å². The number of fused-ring (bicyclic) bond motifs is 1. The van der Waals surface area contributed by atoms with Gasteiger partial charge in [-0.3, -0.25) is 4.98 Å². The second-order valence-corrected chi connectivity index (χ2v) is 4.16. The minimum Gasteiger partial charge on any atom is -0.488 e. The Balaban J connectivity index is 1.86. The molecule has 0 unspecified atom stereocenters. The number of carbonyl (C=O) groups is 1. The number of ether oxygens (including phenoxy) is 3. The minimum absolute atomic E-state index is 0.0399. The monoisotopic (exact) mass is 273 g/mol. The Bertz CT molecular complexity index is 642. The molecule has 1 aromatic carbocycles. The van der Waals surface area contributed by atoms with Gasteiger partial charge in [-0.2, -0.15) is 0 Å². The van der Waals surface area contributed by atoms with Crippen LogP contribution in [-0.4, -0.2) is 22.9 Å². The zero-order chi connectivity index (χ0) is 13.9. The third-order valence-corrected chi connectivity index (χ3v) is 2.82. The van der Waals surface area contributed by atoms with Gasteiger partial charge in [0.05, 0.1) is 0 Å². The Kier molecular flexibility index (Phi) is 3.12. The number of hydrogen-bond acceptors (Lipinski definition) is 5. The number of carboxylic acid groups (broad SMARTS) is 1. The van der Waals surface area contributed by atoms with E-state index in [9.17, 15) is 9.90 Å². The van der Waals surface area contributed by atoms with Crippen LogP contribution >= 0.6 is 0 Å². The highest BCUT2D eigenvalue weighted by Gasteiger charge is 2.21. The topological polar surface area (TPSA) is 77.9 Å². The Hall–Kier alpha value is -2.76. The van der Waals surface area contributed by atoms with Gasteiger partial charge in [-0.1, -0.05) is 6.07 Å². The van der Waals surface area contributed by atoms with Crippen molar-refractivity contribution in [3.05, 3.63) is 47.8 Å². The van der Waals surface area contributed by atoms with E-state index < -0.39 is 5.97 Å². The number of benzene rings is 1. The predicted octanol–water partition coefficient (Wildman–Crippen LogP) is 2.09. The smallest absolute Gasteiger partial charge is 0.339 e. The number of nitrogens with zero attached hydrogens (tertiary/aromatic N) is 1. The van der Waals surface area contributed by atoms with Crippen LogP contribution in [0, 0.1) is 0 Å². The fourth-order valence-electron chi connectivity index (χ4n) is 1.85. The maximum atomic E-state index is 11.2. The fraction of sp³-hybridized carbons (Fsp3) is 0.143. The Morgan fingerprint density at radius 3 is 2.85 bits per heavy atom. The zero-order valence-corrected chi connectivity index (χ0v) is 10.4. The van der Waals surface area contributed by atoms with Crippen LogP contribution in [0.4, 0.5) is 0 Å². The Morgan fingerprint density at radius 1 is 1.35 bits per heavy atom. The molecule has 0 atom stereocenters. The number of aromatic nitrogens is 1. The van der Waals surface area contributed by atoms with Gasteiger partial charge in [0.25, 0.3) is 0 Å². The molecule has 1 N–H and O–H groups in total. The maximum Gasteiger partial charge on any atom is 0.339 e. The Morgan fingerprint density at radius 2 is 2.15 bits per heavy atom. The fourth-order valence-corrected chi connectivity index (χ4v) is 1.85. The summed E-state index contributed by atoms with van der Waals surface area (Å²) in [5, 5.41) is 9.21. The van der Waals surface area contributed by atoms with E-state index in [-0.39, 0.29) is 24.7 Å². The number of pyridine rings is 1. The van der Waals surface area contributed by atoms with Crippen LogP contribution in [-0.2, 0) is 6.61 Å². The lowest BCUT2D eigenvalue weighted by molar-refractivity contribution is 0.0691. The summed E-state index contributed by atoms with van der Waals surface area (Å²) >= 11 is 0. The van der Waals surface area contributed by atoms with E-state index in [0.29, 0.717) is 11.5 Å². The van der Waals surface area contributed by atoms with Crippen molar-refractivity contribution < 1.29 is 24.1 Å². The van der Waals surface area contributed by atoms with Gasteiger partial charge < -0.3 is 19.3 Å². The molecule has 0 spiro atoms. The Labute approximate surface area is 114 Å². The lowest BCUT2D eigenvalue weighted by Crippen LogP contribution is -2.03. The van der Waals surface area contributed by atoms with Gasteiger partial charge in [-0.15, -0.1) is 0 Å². The summed E-state index contributed by atoms with van der Waals surface area (Å²) in [6.07, 6.45) is 3.32. The normalized spacial score (nSPS) is 12.2. The number of carboxylic acids is 1. The first-order chi connectivity index (χ1) is 9.74. The average molecular weight is 273 g/mol. The first-order valence-electron chi connectivity index (χ1n) is 5.92. The van der Waals surface area contributed by atoms with Crippen LogP contribution in [0.25, 0.3) is 0 Å². The quantitative estimate of drug-likeness (QED) is 0.919. The van der Waals surface area contributed by atoms with Crippen molar-refractivity contribution in [2.75, 3.05) is 6.79 Å². The van der Waals surface area contributed by atoms with Gasteiger partial charge in [0.1, 0.15) is 17.9 Å². The molecule has 0 aliphatic carbocycles. The maximum absolute atomic E-state index is 11.2. The molecule has 6 heteroatoms. The average Bonchev–Trinajstić information content (AvgIpc) is 2.92. The van der Waals surface area contributed by atoms with Crippen LogP contribution in [0.1, 0.15) is 15.9 Å². The van der Waals surface area contributed by atoms with Crippen molar-refractivity contribution in [3.8, 4) is 17.2 Å². The molecule has 2 heterocycles. The van der Waals surface area contributed by atoms with Gasteiger partial charge in [-0.25, -0.2) is 4.79 Å². The molecule has 3 rings (SSSR count). The van der Waals surface area contributed by atoms with Gasteiger partial charge in [0.15, 0.2) is 11.5 Å². The van der Waals surface area contributed by atoms with Gasteiger partial charge in [0, 0.05) is 30.1 Å². The number of aromatic carboxylic acids is 1. The summed E-state index contributed by atoms with van der Waals surface area (Å²) in [5.41, 5.74) is 0.889. The van der Waals surface area contributed by atoms with Gasteiger partial charge in [-0.05, 0) is 6.07 Å². The lowest BCUT2D eigenvalue weighted by Gasteiger charge is -2.10. The third kappa shape index (κ3) is 2.35. The molecular weight excluding hydrogens is 262 g/mol. The van der Waals surface area contributed by atoms with Crippen LogP contribution in [0.15, 0.2) is 36.7 Å². The van der Waals surface area contributed by atoms with Crippen LogP contribution < -0.4 is 14.2 Å². The minimum atomic E-state index is -1.08. The molecule has 1 aromatic heterocycles. The predicted molar refractivity (Wildman–Crippen MR) is 68.1 cm³/mol. The van der Waals surface area contributed by atoms with Crippen LogP contribution in [0.2, 0.25) is 0 Å². The summed E-state index contributed by atoms with van der Waals surface area (Å²) in [6.45, 7) is 0.314. The van der Waals surface area contributed by atoms with E-state index in [2.05, 4.69) is 4.98 Å². The molecule has 2 aromatic rings. The van der Waals surface area contributed by atoms with E-state index in [4.69, 9.17) is 14.2 Å². The molecular formula is C14H11NO5. The molecule has 0 bridgehead atoms. The zero-order valence-electron chi connectivity index (χ0n) is 10.4. The van der Waals surface area contributed by atoms with Crippen molar-refractivity contribution >= 4 is 5.97 Å². The summed E-state index contributed by atoms with van der Waals surface area (Å²) in [5.74, 6) is 0.0578. The molecule has 0 fully saturated rings. The van der Waals surface area contributed by atoms with E-state index in [1.165, 1.54) is 12.1 Å². The SMILES string of the molecule is O=C(O)c1cc2c(cc1OCc1cccnc1)OCO2. The lowest BCUT2D eigenvalue weighted by atomic mass is 10.1. The largest absolute Gasteiger partial charge is 0.488 e. The summed E-state index contributed by atoms with van der Waals surface area (Å²) < 4.78 is 15.9. The van der Waals surface area contributed by atoms with Gasteiger partial charge >= 0.3 is 5.97 Å². The van der Waals surface area contributed by atoms with Crippen molar-refractivity contribution in [1.29, 1.82) is 0 Å². The second kappa shape index (κ2) is 5.08. The molecule has 0 radical (unpaired) electrons. The van der Waals surface area contributed by atoms with Crippen molar-refractivity contribution in [1.82, 2.24) is 4.98 Å². The molecule has 0 amide bonds. The molecule has 6 nitrogen and oxygen atoms in total. The van der Waals surface area contributed by atoms with Crippen molar-refractivity contribution in [2.24, 2.45) is 0 Å². The third-order valence-electron chi connectivity index (χ3n) is 2.82. The first kappa shape index (κ1) is 12.3. The van der Waals surface area contributed by atoms with Crippen LogP contribution in [0.5, 0.6) is 17.2 Å². The number of rotatable bonds is 4. The molecule has 1 aliphatic rings. The summed E-state index contributed by atoms with van der Waals surface area (Å²) in [7, 11) is 0.